The van der Waals surface area contributed by atoms with Crippen LogP contribution < -0.4 is 14.2 Å². The molecule has 2 rings (SSSR count). The summed E-state index contributed by atoms with van der Waals surface area (Å²) in [7, 11) is -0.475. The van der Waals surface area contributed by atoms with Crippen LogP contribution in [0.2, 0.25) is 0 Å². The molecule has 0 saturated heterocycles. The van der Waals surface area contributed by atoms with E-state index in [9.17, 15) is 8.42 Å². The van der Waals surface area contributed by atoms with E-state index in [1.165, 1.54) is 11.3 Å². The molecule has 0 amide bonds. The van der Waals surface area contributed by atoms with Crippen molar-refractivity contribution in [1.29, 1.82) is 0 Å². The topological polar surface area (TPSA) is 64.6 Å². The highest BCUT2D eigenvalue weighted by Gasteiger charge is 2.29. The Morgan fingerprint density at radius 1 is 1.04 bits per heavy atom. The molecule has 23 heavy (non-hydrogen) atoms. The van der Waals surface area contributed by atoms with Gasteiger partial charge in [0, 0.05) is 4.88 Å². The minimum absolute atomic E-state index is 0.309. The molecule has 0 saturated carbocycles. The van der Waals surface area contributed by atoms with Gasteiger partial charge in [-0.05, 0) is 50.6 Å². The second kappa shape index (κ2) is 6.51. The van der Waals surface area contributed by atoms with Gasteiger partial charge in [0.2, 0.25) is 0 Å². The van der Waals surface area contributed by atoms with E-state index in [1.54, 1.807) is 38.5 Å². The molecule has 0 unspecified atom stereocenters. The lowest BCUT2D eigenvalue weighted by Crippen LogP contribution is -2.40. The average molecular weight is 355 g/mol. The fourth-order valence-corrected chi connectivity index (χ4v) is 4.91. The number of hydrogen-bond acceptors (Lipinski definition) is 5. The fraction of sp³-hybridized carbons (Fsp3) is 0.375. The molecule has 1 heterocycles. The lowest BCUT2D eigenvalue weighted by molar-refractivity contribution is 0.352. The Morgan fingerprint density at radius 3 is 2.22 bits per heavy atom. The molecule has 0 fully saturated rings. The Hall–Kier alpha value is -1.57. The van der Waals surface area contributed by atoms with Gasteiger partial charge in [-0.3, -0.25) is 0 Å². The summed E-state index contributed by atoms with van der Waals surface area (Å²) in [6.07, 6.45) is 0. The number of ether oxygens (including phenoxy) is 2. The zero-order chi connectivity index (χ0) is 17.3. The van der Waals surface area contributed by atoms with E-state index in [-0.39, 0.29) is 0 Å². The maximum atomic E-state index is 12.6. The quantitative estimate of drug-likeness (QED) is 0.864. The second-order valence-corrected chi connectivity index (χ2v) is 8.86. The first-order valence-corrected chi connectivity index (χ1v) is 9.32. The molecule has 0 radical (unpaired) electrons. The lowest BCUT2D eigenvalue weighted by Gasteiger charge is -2.27. The van der Waals surface area contributed by atoms with Crippen LogP contribution in [0.1, 0.15) is 24.3 Å². The molecule has 1 N–H and O–H groups in total. The molecule has 1 aromatic heterocycles. The molecule has 0 aliphatic heterocycles. The Labute approximate surface area is 141 Å². The molecule has 7 heteroatoms. The Morgan fingerprint density at radius 2 is 1.70 bits per heavy atom. The minimum atomic E-state index is -3.58. The molecule has 1 aromatic carbocycles. The van der Waals surface area contributed by atoms with Gasteiger partial charge >= 0.3 is 0 Å². The normalized spacial score (nSPS) is 12.2. The zero-order valence-corrected chi connectivity index (χ0v) is 15.5. The van der Waals surface area contributed by atoms with Gasteiger partial charge in [0.15, 0.2) is 11.5 Å². The van der Waals surface area contributed by atoms with Crippen LogP contribution in [-0.2, 0) is 15.6 Å². The van der Waals surface area contributed by atoms with Gasteiger partial charge < -0.3 is 9.47 Å². The van der Waals surface area contributed by atoms with Gasteiger partial charge in [-0.1, -0.05) is 6.07 Å². The maximum absolute atomic E-state index is 12.6. The van der Waals surface area contributed by atoms with Crippen LogP contribution in [-0.4, -0.2) is 22.6 Å². The van der Waals surface area contributed by atoms with Gasteiger partial charge in [0.05, 0.1) is 19.8 Å². The van der Waals surface area contributed by atoms with Crippen molar-refractivity contribution in [1.82, 2.24) is 4.72 Å². The molecule has 2 aromatic rings. The Kier molecular flexibility index (Phi) is 5.03. The van der Waals surface area contributed by atoms with Crippen molar-refractivity contribution in [2.45, 2.75) is 30.5 Å². The number of benzene rings is 1. The number of hydrogen-bond donors (Lipinski definition) is 1. The summed E-state index contributed by atoms with van der Waals surface area (Å²) < 4.78 is 38.7. The van der Waals surface area contributed by atoms with Crippen molar-refractivity contribution in [2.24, 2.45) is 0 Å². The van der Waals surface area contributed by atoms with Crippen molar-refractivity contribution in [3.8, 4) is 11.5 Å². The number of nitrogens with one attached hydrogen (secondary N) is 1. The first kappa shape index (κ1) is 17.8. The van der Waals surface area contributed by atoms with E-state index in [4.69, 9.17) is 9.47 Å². The highest BCUT2D eigenvalue weighted by atomic mass is 32.2. The average Bonchev–Trinajstić information content (AvgIpc) is 2.93. The summed E-state index contributed by atoms with van der Waals surface area (Å²) in [6.45, 7) is 5.50. The predicted molar refractivity (Wildman–Crippen MR) is 91.9 cm³/mol. The first-order valence-electron chi connectivity index (χ1n) is 7.02. The summed E-state index contributed by atoms with van der Waals surface area (Å²) in [5.41, 5.74) is -0.0111. The van der Waals surface area contributed by atoms with Crippen LogP contribution >= 0.6 is 11.3 Å². The van der Waals surface area contributed by atoms with E-state index in [0.29, 0.717) is 15.7 Å². The van der Waals surface area contributed by atoms with E-state index in [2.05, 4.69) is 4.72 Å². The third-order valence-electron chi connectivity index (χ3n) is 3.48. The number of aryl methyl sites for hydroxylation is 1. The molecule has 0 atom stereocenters. The monoisotopic (exact) mass is 355 g/mol. The van der Waals surface area contributed by atoms with Crippen molar-refractivity contribution in [3.63, 3.8) is 0 Å². The summed E-state index contributed by atoms with van der Waals surface area (Å²) >= 11 is 1.25. The molecule has 0 aliphatic rings. The van der Waals surface area contributed by atoms with Crippen molar-refractivity contribution in [3.05, 3.63) is 40.8 Å². The Balaban J connectivity index is 2.35. The smallest absolute Gasteiger partial charge is 0.250 e. The van der Waals surface area contributed by atoms with E-state index >= 15 is 0 Å². The van der Waals surface area contributed by atoms with Crippen LogP contribution in [0, 0.1) is 6.92 Å². The Bertz CT molecular complexity index is 794. The fourth-order valence-electron chi connectivity index (χ4n) is 2.23. The van der Waals surface area contributed by atoms with Gasteiger partial charge in [0.25, 0.3) is 10.0 Å². The number of thiophene rings is 1. The summed E-state index contributed by atoms with van der Waals surface area (Å²) in [6, 6.07) is 8.78. The van der Waals surface area contributed by atoms with E-state index in [1.807, 2.05) is 26.8 Å². The van der Waals surface area contributed by atoms with Crippen molar-refractivity contribution < 1.29 is 17.9 Å². The highest BCUT2D eigenvalue weighted by Crippen LogP contribution is 2.33. The molecule has 0 aliphatic carbocycles. The molecule has 126 valence electrons. The lowest BCUT2D eigenvalue weighted by atomic mass is 9.95. The third kappa shape index (κ3) is 3.85. The van der Waals surface area contributed by atoms with E-state index in [0.717, 1.165) is 10.4 Å². The number of sulfonamides is 1. The largest absolute Gasteiger partial charge is 0.493 e. The molecule has 0 spiro atoms. The third-order valence-corrected chi connectivity index (χ3v) is 6.62. The van der Waals surface area contributed by atoms with Crippen molar-refractivity contribution in [2.75, 3.05) is 14.2 Å². The van der Waals surface area contributed by atoms with Gasteiger partial charge in [-0.25, -0.2) is 13.1 Å². The minimum Gasteiger partial charge on any atom is -0.493 e. The molecule has 0 bridgehead atoms. The van der Waals surface area contributed by atoms with Crippen LogP contribution in [0.3, 0.4) is 0 Å². The van der Waals surface area contributed by atoms with Crippen LogP contribution in [0.15, 0.2) is 34.5 Å². The van der Waals surface area contributed by atoms with Crippen LogP contribution in [0.4, 0.5) is 0 Å². The first-order chi connectivity index (χ1) is 10.7. The maximum Gasteiger partial charge on any atom is 0.250 e. The standard InChI is InChI=1S/C16H21NO4S2/c1-11-6-9-15(22-11)23(18,19)17-16(2,3)12-7-8-13(20-4)14(10-12)21-5/h6-10,17H,1-5H3. The molecular formula is C16H21NO4S2. The SMILES string of the molecule is COc1ccc(C(C)(C)NS(=O)(=O)c2ccc(C)s2)cc1OC. The second-order valence-electron chi connectivity index (χ2n) is 5.67. The van der Waals surface area contributed by atoms with Gasteiger partial charge in [-0.2, -0.15) is 0 Å². The highest BCUT2D eigenvalue weighted by molar-refractivity contribution is 7.91. The summed E-state index contributed by atoms with van der Waals surface area (Å²) in [4.78, 5) is 0.953. The van der Waals surface area contributed by atoms with Crippen molar-refractivity contribution >= 4 is 21.4 Å². The zero-order valence-electron chi connectivity index (χ0n) is 13.8. The number of rotatable bonds is 6. The molecule has 5 nitrogen and oxygen atoms in total. The summed E-state index contributed by atoms with van der Waals surface area (Å²) in [5.74, 6) is 1.16. The molecular weight excluding hydrogens is 334 g/mol. The van der Waals surface area contributed by atoms with E-state index < -0.39 is 15.6 Å². The van der Waals surface area contributed by atoms with Gasteiger partial charge in [-0.15, -0.1) is 11.3 Å². The van der Waals surface area contributed by atoms with Crippen LogP contribution in [0.25, 0.3) is 0 Å². The number of methoxy groups -OCH3 is 2. The summed E-state index contributed by atoms with van der Waals surface area (Å²) in [5, 5.41) is 0. The van der Waals surface area contributed by atoms with Gasteiger partial charge in [0.1, 0.15) is 4.21 Å². The van der Waals surface area contributed by atoms with Crippen LogP contribution in [0.5, 0.6) is 11.5 Å². The predicted octanol–water partition coefficient (Wildman–Crippen LogP) is 3.29.